The van der Waals surface area contributed by atoms with Gasteiger partial charge in [0.2, 0.25) is 0 Å². The van der Waals surface area contributed by atoms with Gasteiger partial charge >= 0.3 is 0 Å². The fraction of sp³-hybridized carbons (Fsp3) is 0.429. The lowest BCUT2D eigenvalue weighted by atomic mass is 9.94. The lowest BCUT2D eigenvalue weighted by molar-refractivity contribution is 0.0272. The molecule has 1 aromatic carbocycles. The number of carbonyl (C=O) groups excluding carboxylic acids is 1. The first-order valence-electron chi connectivity index (χ1n) is 6.30. The first-order chi connectivity index (χ1) is 9.00. The summed E-state index contributed by atoms with van der Waals surface area (Å²) >= 11 is 4.88. The fourth-order valence-electron chi connectivity index (χ4n) is 2.16. The molecule has 1 unspecified atom stereocenters. The topological polar surface area (TPSA) is 64.4 Å². The smallest absolute Gasteiger partial charge is 0.251 e. The Bertz CT molecular complexity index is 479. The molecule has 1 aliphatic rings. The van der Waals surface area contributed by atoms with Crippen LogP contribution in [0.1, 0.15) is 35.7 Å². The van der Waals surface area contributed by atoms with Gasteiger partial charge in [0.15, 0.2) is 0 Å². The van der Waals surface area contributed by atoms with Crippen molar-refractivity contribution in [3.8, 4) is 0 Å². The van der Waals surface area contributed by atoms with Crippen molar-refractivity contribution in [1.29, 1.82) is 0 Å². The van der Waals surface area contributed by atoms with Crippen LogP contribution in [0.3, 0.4) is 0 Å². The lowest BCUT2D eigenvalue weighted by Gasteiger charge is -2.34. The number of ether oxygens (including phenoxy) is 1. The van der Waals surface area contributed by atoms with Gasteiger partial charge in [0, 0.05) is 17.7 Å². The summed E-state index contributed by atoms with van der Waals surface area (Å²) in [6, 6.07) is 6.99. The molecule has 3 N–H and O–H groups in total. The maximum atomic E-state index is 12.2. The normalized spacial score (nSPS) is 22.8. The third-order valence-corrected chi connectivity index (χ3v) is 3.52. The highest BCUT2D eigenvalue weighted by atomic mass is 32.1. The summed E-state index contributed by atoms with van der Waals surface area (Å²) in [5.74, 6) is -0.0949. The molecule has 5 heteroatoms. The first kappa shape index (κ1) is 14.0. The third kappa shape index (κ3) is 3.52. The summed E-state index contributed by atoms with van der Waals surface area (Å²) in [6.45, 7) is 3.34. The Morgan fingerprint density at radius 3 is 2.53 bits per heavy atom. The second-order valence-electron chi connectivity index (χ2n) is 5.11. The van der Waals surface area contributed by atoms with Crippen molar-refractivity contribution in [1.82, 2.24) is 5.32 Å². The predicted octanol–water partition coefficient (Wildman–Crippen LogP) is 1.62. The van der Waals surface area contributed by atoms with Gasteiger partial charge in [0.05, 0.1) is 12.1 Å². The number of hydrogen-bond donors (Lipinski definition) is 2. The van der Waals surface area contributed by atoms with Crippen LogP contribution in [0.4, 0.5) is 0 Å². The van der Waals surface area contributed by atoms with Gasteiger partial charge in [0.25, 0.3) is 5.91 Å². The number of carbonyl (C=O) groups is 1. The quantitative estimate of drug-likeness (QED) is 0.825. The van der Waals surface area contributed by atoms with Crippen molar-refractivity contribution in [2.75, 3.05) is 13.2 Å². The molecule has 1 aromatic rings. The first-order valence-corrected chi connectivity index (χ1v) is 6.71. The molecular formula is C14H18N2O2S. The molecule has 102 valence electrons. The second kappa shape index (κ2) is 5.67. The molecule has 1 saturated heterocycles. The zero-order valence-electron chi connectivity index (χ0n) is 10.9. The average molecular weight is 278 g/mol. The Hall–Kier alpha value is -1.46. The Labute approximate surface area is 118 Å². The maximum absolute atomic E-state index is 12.2. The molecule has 1 aliphatic heterocycles. The van der Waals surface area contributed by atoms with Crippen LogP contribution in [0.25, 0.3) is 0 Å². The zero-order chi connectivity index (χ0) is 13.9. The molecule has 0 bridgehead atoms. The average Bonchev–Trinajstić information content (AvgIpc) is 2.39. The molecule has 0 radical (unpaired) electrons. The van der Waals surface area contributed by atoms with Crippen molar-refractivity contribution in [2.45, 2.75) is 25.3 Å². The van der Waals surface area contributed by atoms with E-state index in [1.807, 2.05) is 6.92 Å². The minimum Gasteiger partial charge on any atom is -0.389 e. The van der Waals surface area contributed by atoms with Gasteiger partial charge in [0.1, 0.15) is 4.99 Å². The molecule has 19 heavy (non-hydrogen) atoms. The Kier molecular flexibility index (Phi) is 4.17. The van der Waals surface area contributed by atoms with Crippen molar-refractivity contribution < 1.29 is 9.53 Å². The molecular weight excluding hydrogens is 260 g/mol. The number of amides is 1. The van der Waals surface area contributed by atoms with Crippen LogP contribution in [0.15, 0.2) is 24.3 Å². The van der Waals surface area contributed by atoms with Crippen LogP contribution in [0.5, 0.6) is 0 Å². The van der Waals surface area contributed by atoms with E-state index >= 15 is 0 Å². The number of benzene rings is 1. The zero-order valence-corrected chi connectivity index (χ0v) is 11.8. The Morgan fingerprint density at radius 2 is 2.00 bits per heavy atom. The van der Waals surface area contributed by atoms with Crippen LogP contribution in [-0.4, -0.2) is 29.6 Å². The minimum atomic E-state index is -0.281. The van der Waals surface area contributed by atoms with Crippen LogP contribution in [0.2, 0.25) is 0 Å². The summed E-state index contributed by atoms with van der Waals surface area (Å²) < 4.78 is 5.42. The van der Waals surface area contributed by atoms with E-state index in [4.69, 9.17) is 22.7 Å². The number of hydrogen-bond acceptors (Lipinski definition) is 3. The number of nitrogens with one attached hydrogen (secondary N) is 1. The van der Waals surface area contributed by atoms with E-state index < -0.39 is 0 Å². The predicted molar refractivity (Wildman–Crippen MR) is 78.3 cm³/mol. The molecule has 0 saturated carbocycles. The van der Waals surface area contributed by atoms with Crippen molar-refractivity contribution in [2.24, 2.45) is 5.73 Å². The number of nitrogens with two attached hydrogens (primary N) is 1. The summed E-state index contributed by atoms with van der Waals surface area (Å²) in [5, 5.41) is 3.03. The van der Waals surface area contributed by atoms with Crippen LogP contribution in [0, 0.1) is 0 Å². The van der Waals surface area contributed by atoms with E-state index in [1.54, 1.807) is 24.3 Å². The largest absolute Gasteiger partial charge is 0.389 e. The number of thiocarbonyl (C=S) groups is 1. The van der Waals surface area contributed by atoms with Crippen LogP contribution in [-0.2, 0) is 4.74 Å². The molecule has 1 amide bonds. The highest BCUT2D eigenvalue weighted by Crippen LogP contribution is 2.19. The summed E-state index contributed by atoms with van der Waals surface area (Å²) in [7, 11) is 0. The fourth-order valence-corrected chi connectivity index (χ4v) is 2.30. The molecule has 0 spiro atoms. The van der Waals surface area contributed by atoms with E-state index in [0.29, 0.717) is 17.2 Å². The van der Waals surface area contributed by atoms with Crippen LogP contribution >= 0.6 is 12.2 Å². The minimum absolute atomic E-state index is 0.0949. The standard InChI is InChI=1S/C14H18N2O2S/c1-14(7-2-8-18-9-14)16-13(17)11-5-3-10(4-6-11)12(15)19/h3-6H,2,7-9H2,1H3,(H2,15,19)(H,16,17). The molecule has 0 aromatic heterocycles. The monoisotopic (exact) mass is 278 g/mol. The van der Waals surface area contributed by atoms with Gasteiger partial charge in [-0.2, -0.15) is 0 Å². The third-order valence-electron chi connectivity index (χ3n) is 3.28. The highest BCUT2D eigenvalue weighted by Gasteiger charge is 2.29. The maximum Gasteiger partial charge on any atom is 0.251 e. The lowest BCUT2D eigenvalue weighted by Crippen LogP contribution is -2.51. The SMILES string of the molecule is CC1(NC(=O)c2ccc(C(N)=S)cc2)CCCOC1. The van der Waals surface area contributed by atoms with E-state index in [-0.39, 0.29) is 11.4 Å². The number of rotatable bonds is 3. The molecule has 1 heterocycles. The van der Waals surface area contributed by atoms with Gasteiger partial charge in [-0.25, -0.2) is 0 Å². The van der Waals surface area contributed by atoms with Crippen molar-refractivity contribution in [3.05, 3.63) is 35.4 Å². The molecule has 4 nitrogen and oxygen atoms in total. The van der Waals surface area contributed by atoms with E-state index in [9.17, 15) is 4.79 Å². The van der Waals surface area contributed by atoms with E-state index in [1.165, 1.54) is 0 Å². The van der Waals surface area contributed by atoms with Crippen molar-refractivity contribution in [3.63, 3.8) is 0 Å². The van der Waals surface area contributed by atoms with Crippen LogP contribution < -0.4 is 11.1 Å². The van der Waals surface area contributed by atoms with E-state index in [2.05, 4.69) is 5.32 Å². The van der Waals surface area contributed by atoms with E-state index in [0.717, 1.165) is 25.0 Å². The highest BCUT2D eigenvalue weighted by molar-refractivity contribution is 7.80. The molecule has 1 fully saturated rings. The molecule has 2 rings (SSSR count). The van der Waals surface area contributed by atoms with Crippen molar-refractivity contribution >= 4 is 23.1 Å². The van der Waals surface area contributed by atoms with Gasteiger partial charge < -0.3 is 15.8 Å². The van der Waals surface area contributed by atoms with Gasteiger partial charge in [-0.3, -0.25) is 4.79 Å². The van der Waals surface area contributed by atoms with Gasteiger partial charge in [-0.1, -0.05) is 24.4 Å². The Morgan fingerprint density at radius 1 is 1.37 bits per heavy atom. The molecule has 0 aliphatic carbocycles. The van der Waals surface area contributed by atoms with Gasteiger partial charge in [-0.05, 0) is 31.9 Å². The summed E-state index contributed by atoms with van der Waals surface area (Å²) in [6.07, 6.45) is 1.90. The Balaban J connectivity index is 2.05. The summed E-state index contributed by atoms with van der Waals surface area (Å²) in [5.41, 5.74) is 6.61. The molecule has 1 atom stereocenters. The second-order valence-corrected chi connectivity index (χ2v) is 5.55. The van der Waals surface area contributed by atoms with Gasteiger partial charge in [-0.15, -0.1) is 0 Å². The summed E-state index contributed by atoms with van der Waals surface area (Å²) in [4.78, 5) is 12.5.